The molecule has 0 bridgehead atoms. The van der Waals surface area contributed by atoms with Crippen LogP contribution >= 0.6 is 27.5 Å². The van der Waals surface area contributed by atoms with Crippen molar-refractivity contribution in [1.82, 2.24) is 0 Å². The second kappa shape index (κ2) is 3.91. The summed E-state index contributed by atoms with van der Waals surface area (Å²) >= 11 is 8.96. The van der Waals surface area contributed by atoms with Gasteiger partial charge in [0.1, 0.15) is 6.07 Å². The van der Waals surface area contributed by atoms with E-state index in [1.54, 1.807) is 12.1 Å². The maximum atomic E-state index is 11.1. The van der Waals surface area contributed by atoms with Gasteiger partial charge >= 0.3 is 0 Å². The first-order valence-corrected chi connectivity index (χ1v) is 4.64. The molecular formula is C9H5BrClNO. The molecule has 13 heavy (non-hydrogen) atoms. The molecule has 1 aromatic carbocycles. The third kappa shape index (κ3) is 1.90. The number of halogens is 2. The Labute approximate surface area is 89.3 Å². The fourth-order valence-corrected chi connectivity index (χ4v) is 1.71. The summed E-state index contributed by atoms with van der Waals surface area (Å²) < 4.78 is 0.588. The van der Waals surface area contributed by atoms with Gasteiger partial charge in [-0.15, -0.1) is 0 Å². The number of nitriles is 1. The van der Waals surface area contributed by atoms with Crippen LogP contribution in [0.25, 0.3) is 0 Å². The Balaban J connectivity index is 3.55. The van der Waals surface area contributed by atoms with Crippen LogP contribution in [-0.2, 0) is 0 Å². The largest absolute Gasteiger partial charge is 0.294 e. The molecule has 1 aromatic rings. The van der Waals surface area contributed by atoms with Crippen molar-refractivity contribution in [3.63, 3.8) is 0 Å². The van der Waals surface area contributed by atoms with E-state index < -0.39 is 0 Å². The Hall–Kier alpha value is -0.850. The summed E-state index contributed by atoms with van der Waals surface area (Å²) in [7, 11) is 0. The third-order valence-electron chi connectivity index (χ3n) is 1.57. The van der Waals surface area contributed by atoms with E-state index >= 15 is 0 Å². The molecular weight excluding hydrogens is 253 g/mol. The van der Waals surface area contributed by atoms with Gasteiger partial charge in [0.15, 0.2) is 5.78 Å². The molecule has 0 amide bonds. The van der Waals surface area contributed by atoms with Crippen molar-refractivity contribution >= 4 is 33.3 Å². The topological polar surface area (TPSA) is 40.9 Å². The Morgan fingerprint density at radius 2 is 2.23 bits per heavy atom. The molecule has 0 aliphatic rings. The Kier molecular flexibility index (Phi) is 3.07. The number of rotatable bonds is 1. The lowest BCUT2D eigenvalue weighted by Gasteiger charge is -2.03. The molecule has 0 saturated carbocycles. The minimum atomic E-state index is -0.206. The van der Waals surface area contributed by atoms with Crippen LogP contribution in [0.4, 0.5) is 0 Å². The van der Waals surface area contributed by atoms with E-state index in [1.807, 2.05) is 6.07 Å². The Morgan fingerprint density at radius 3 is 2.62 bits per heavy atom. The fourth-order valence-electron chi connectivity index (χ4n) is 1.01. The number of hydrogen-bond acceptors (Lipinski definition) is 2. The first-order chi connectivity index (χ1) is 6.07. The molecule has 0 fully saturated rings. The minimum Gasteiger partial charge on any atom is -0.294 e. The van der Waals surface area contributed by atoms with Crippen molar-refractivity contribution < 1.29 is 4.79 Å². The molecule has 1 rings (SSSR count). The summed E-state index contributed by atoms with van der Waals surface area (Å²) in [5.41, 5.74) is 0.568. The SMILES string of the molecule is CC(=O)c1c(Cl)ccc(Br)c1C#N. The smallest absolute Gasteiger partial charge is 0.162 e. The molecule has 0 aromatic heterocycles. The van der Waals surface area contributed by atoms with E-state index in [4.69, 9.17) is 16.9 Å². The van der Waals surface area contributed by atoms with Crippen LogP contribution in [0, 0.1) is 11.3 Å². The Bertz CT molecular complexity index is 409. The minimum absolute atomic E-state index is 0.206. The van der Waals surface area contributed by atoms with Gasteiger partial charge in [-0.2, -0.15) is 5.26 Å². The van der Waals surface area contributed by atoms with E-state index in [-0.39, 0.29) is 11.3 Å². The van der Waals surface area contributed by atoms with Gasteiger partial charge in [0.2, 0.25) is 0 Å². The molecule has 0 aliphatic carbocycles. The van der Waals surface area contributed by atoms with E-state index in [0.717, 1.165) is 0 Å². The molecule has 0 radical (unpaired) electrons. The van der Waals surface area contributed by atoms with Crippen LogP contribution in [0.3, 0.4) is 0 Å². The zero-order chi connectivity index (χ0) is 10.0. The van der Waals surface area contributed by atoms with Crippen molar-refractivity contribution in [2.45, 2.75) is 6.92 Å². The molecule has 4 heteroatoms. The predicted molar refractivity (Wildman–Crippen MR) is 53.9 cm³/mol. The first kappa shape index (κ1) is 10.2. The summed E-state index contributed by atoms with van der Waals surface area (Å²) in [5, 5.41) is 9.09. The number of benzene rings is 1. The average Bonchev–Trinajstić information content (AvgIpc) is 2.07. The zero-order valence-electron chi connectivity index (χ0n) is 6.77. The van der Waals surface area contributed by atoms with E-state index in [9.17, 15) is 4.79 Å². The van der Waals surface area contributed by atoms with Gasteiger partial charge in [0.05, 0.1) is 16.1 Å². The normalized spacial score (nSPS) is 9.38. The van der Waals surface area contributed by atoms with Crippen LogP contribution in [-0.4, -0.2) is 5.78 Å². The molecule has 0 spiro atoms. The van der Waals surface area contributed by atoms with Gasteiger partial charge < -0.3 is 0 Å². The summed E-state index contributed by atoms with van der Waals surface area (Å²) in [5.74, 6) is -0.206. The highest BCUT2D eigenvalue weighted by molar-refractivity contribution is 9.10. The highest BCUT2D eigenvalue weighted by Crippen LogP contribution is 2.26. The maximum absolute atomic E-state index is 11.1. The number of nitrogens with zero attached hydrogens (tertiary/aromatic N) is 1. The molecule has 0 unspecified atom stereocenters. The van der Waals surface area contributed by atoms with Crippen molar-refractivity contribution in [1.29, 1.82) is 5.26 Å². The number of Topliss-reactive ketones (excluding diaryl/α,β-unsaturated/α-hetero) is 1. The molecule has 0 N–H and O–H groups in total. The summed E-state index contributed by atoms with van der Waals surface area (Å²) in [6.45, 7) is 1.38. The van der Waals surface area contributed by atoms with Gasteiger partial charge in [-0.1, -0.05) is 11.6 Å². The van der Waals surface area contributed by atoms with E-state index in [2.05, 4.69) is 15.9 Å². The van der Waals surface area contributed by atoms with Crippen molar-refractivity contribution in [3.8, 4) is 6.07 Å². The monoisotopic (exact) mass is 257 g/mol. The highest BCUT2D eigenvalue weighted by Gasteiger charge is 2.14. The van der Waals surface area contributed by atoms with Gasteiger partial charge in [0.25, 0.3) is 0 Å². The number of carbonyl (C=O) groups excluding carboxylic acids is 1. The van der Waals surface area contributed by atoms with Crippen molar-refractivity contribution in [2.75, 3.05) is 0 Å². The number of hydrogen-bond donors (Lipinski definition) is 0. The van der Waals surface area contributed by atoms with Crippen molar-refractivity contribution in [3.05, 3.63) is 32.8 Å². The Morgan fingerprint density at radius 1 is 1.62 bits per heavy atom. The van der Waals surface area contributed by atoms with Crippen LogP contribution < -0.4 is 0 Å². The summed E-state index contributed by atoms with van der Waals surface area (Å²) in [6, 6.07) is 5.17. The van der Waals surface area contributed by atoms with Gasteiger partial charge in [0, 0.05) is 4.47 Å². The predicted octanol–water partition coefficient (Wildman–Crippen LogP) is 3.18. The maximum Gasteiger partial charge on any atom is 0.162 e. The van der Waals surface area contributed by atoms with Crippen LogP contribution in [0.2, 0.25) is 5.02 Å². The lowest BCUT2D eigenvalue weighted by atomic mass is 10.1. The van der Waals surface area contributed by atoms with Gasteiger partial charge in [-0.3, -0.25) is 4.79 Å². The van der Waals surface area contributed by atoms with E-state index in [0.29, 0.717) is 15.1 Å². The second-order valence-corrected chi connectivity index (χ2v) is 3.71. The number of ketones is 1. The fraction of sp³-hybridized carbons (Fsp3) is 0.111. The molecule has 0 atom stereocenters. The lowest BCUT2D eigenvalue weighted by molar-refractivity contribution is 0.101. The van der Waals surface area contributed by atoms with Gasteiger partial charge in [-0.25, -0.2) is 0 Å². The third-order valence-corrected chi connectivity index (χ3v) is 2.54. The molecule has 0 heterocycles. The summed E-state index contributed by atoms with van der Waals surface area (Å²) in [6.07, 6.45) is 0. The highest BCUT2D eigenvalue weighted by atomic mass is 79.9. The van der Waals surface area contributed by atoms with Crippen LogP contribution in [0.5, 0.6) is 0 Å². The quantitative estimate of drug-likeness (QED) is 0.726. The number of carbonyl (C=O) groups is 1. The molecule has 66 valence electrons. The molecule has 0 aliphatic heterocycles. The van der Waals surface area contributed by atoms with Crippen molar-refractivity contribution in [2.24, 2.45) is 0 Å². The van der Waals surface area contributed by atoms with Crippen LogP contribution in [0.15, 0.2) is 16.6 Å². The molecule has 2 nitrogen and oxygen atoms in total. The second-order valence-electron chi connectivity index (χ2n) is 2.45. The van der Waals surface area contributed by atoms with Crippen LogP contribution in [0.1, 0.15) is 22.8 Å². The summed E-state index contributed by atoms with van der Waals surface area (Å²) in [4.78, 5) is 11.1. The standard InChI is InChI=1S/C9H5BrClNO/c1-5(13)9-6(4-12)7(10)2-3-8(9)11/h2-3H,1H3. The zero-order valence-corrected chi connectivity index (χ0v) is 9.11. The average molecular weight is 259 g/mol. The lowest BCUT2D eigenvalue weighted by Crippen LogP contribution is -1.98. The first-order valence-electron chi connectivity index (χ1n) is 3.47. The van der Waals surface area contributed by atoms with Gasteiger partial charge in [-0.05, 0) is 35.0 Å². The molecule has 0 saturated heterocycles. The van der Waals surface area contributed by atoms with E-state index in [1.165, 1.54) is 6.92 Å².